The number of hydrogen-bond donors (Lipinski definition) is 1. The lowest BCUT2D eigenvalue weighted by molar-refractivity contribution is -0.141. The van der Waals surface area contributed by atoms with E-state index in [1.54, 1.807) is 6.20 Å². The van der Waals surface area contributed by atoms with Crippen molar-refractivity contribution in [1.82, 2.24) is 10.3 Å². The summed E-state index contributed by atoms with van der Waals surface area (Å²) in [7, 11) is 1.40. The van der Waals surface area contributed by atoms with E-state index in [-0.39, 0.29) is 12.0 Å². The molecule has 1 aromatic rings. The van der Waals surface area contributed by atoms with Gasteiger partial charge in [0.25, 0.3) is 0 Å². The van der Waals surface area contributed by atoms with Crippen LogP contribution in [0.25, 0.3) is 0 Å². The molecule has 1 aromatic heterocycles. The van der Waals surface area contributed by atoms with Gasteiger partial charge in [-0.25, -0.2) is 0 Å². The Labute approximate surface area is 96.0 Å². The van der Waals surface area contributed by atoms with E-state index >= 15 is 0 Å². The molecular weight excluding hydrogens is 204 g/mol. The van der Waals surface area contributed by atoms with Crippen molar-refractivity contribution >= 4 is 5.97 Å². The molecule has 0 aliphatic heterocycles. The third-order valence-electron chi connectivity index (χ3n) is 2.48. The van der Waals surface area contributed by atoms with Crippen molar-refractivity contribution in [2.45, 2.75) is 32.9 Å². The van der Waals surface area contributed by atoms with Crippen LogP contribution in [0.3, 0.4) is 0 Å². The number of pyridine rings is 1. The molecule has 0 aromatic carbocycles. The fourth-order valence-electron chi connectivity index (χ4n) is 1.39. The number of aryl methyl sites for hydroxylation is 1. The van der Waals surface area contributed by atoms with Gasteiger partial charge in [0.2, 0.25) is 0 Å². The molecule has 1 rings (SSSR count). The third-order valence-corrected chi connectivity index (χ3v) is 2.48. The van der Waals surface area contributed by atoms with Crippen molar-refractivity contribution in [3.63, 3.8) is 0 Å². The summed E-state index contributed by atoms with van der Waals surface area (Å²) >= 11 is 0. The van der Waals surface area contributed by atoms with Crippen LogP contribution in [0.2, 0.25) is 0 Å². The fraction of sp³-hybridized carbons (Fsp3) is 0.500. The Balaban J connectivity index is 2.40. The highest BCUT2D eigenvalue weighted by atomic mass is 16.5. The number of nitrogens with zero attached hydrogens (tertiary/aromatic N) is 1. The van der Waals surface area contributed by atoms with Crippen LogP contribution in [0.4, 0.5) is 0 Å². The van der Waals surface area contributed by atoms with E-state index in [0.717, 1.165) is 12.1 Å². The van der Waals surface area contributed by atoms with Crippen LogP contribution in [-0.4, -0.2) is 24.1 Å². The molecule has 0 aliphatic rings. The van der Waals surface area contributed by atoms with E-state index in [2.05, 4.69) is 15.0 Å². The Morgan fingerprint density at radius 3 is 3.00 bits per heavy atom. The largest absolute Gasteiger partial charge is 0.469 e. The number of methoxy groups -OCH3 is 1. The number of aromatic nitrogens is 1. The molecule has 0 fully saturated rings. The van der Waals surface area contributed by atoms with Crippen LogP contribution in [0.15, 0.2) is 18.5 Å². The third kappa shape index (κ3) is 3.98. The smallest absolute Gasteiger partial charge is 0.307 e. The molecule has 16 heavy (non-hydrogen) atoms. The zero-order valence-corrected chi connectivity index (χ0v) is 9.99. The van der Waals surface area contributed by atoms with Gasteiger partial charge in [-0.15, -0.1) is 0 Å². The summed E-state index contributed by atoms with van der Waals surface area (Å²) in [4.78, 5) is 15.1. The van der Waals surface area contributed by atoms with Crippen LogP contribution < -0.4 is 5.32 Å². The lowest BCUT2D eigenvalue weighted by Crippen LogP contribution is -2.28. The molecular formula is C12H18N2O2. The highest BCUT2D eigenvalue weighted by Gasteiger charge is 2.08. The van der Waals surface area contributed by atoms with Gasteiger partial charge in [0.1, 0.15) is 0 Å². The normalized spacial score (nSPS) is 12.2. The van der Waals surface area contributed by atoms with Gasteiger partial charge < -0.3 is 10.1 Å². The van der Waals surface area contributed by atoms with Crippen molar-refractivity contribution in [2.24, 2.45) is 0 Å². The van der Waals surface area contributed by atoms with E-state index in [0.29, 0.717) is 6.42 Å². The SMILES string of the molecule is COC(=O)CC(C)NCc1ccncc1C. The first-order valence-electron chi connectivity index (χ1n) is 5.33. The molecule has 0 aliphatic carbocycles. The number of nitrogens with one attached hydrogen (secondary N) is 1. The molecule has 0 radical (unpaired) electrons. The van der Waals surface area contributed by atoms with Crippen LogP contribution >= 0.6 is 0 Å². The van der Waals surface area contributed by atoms with E-state index < -0.39 is 0 Å². The van der Waals surface area contributed by atoms with Gasteiger partial charge in [-0.2, -0.15) is 0 Å². The molecule has 0 spiro atoms. The molecule has 0 bridgehead atoms. The number of ether oxygens (including phenoxy) is 1. The first kappa shape index (κ1) is 12.6. The van der Waals surface area contributed by atoms with Crippen LogP contribution in [0.1, 0.15) is 24.5 Å². The summed E-state index contributed by atoms with van der Waals surface area (Å²) in [6.45, 7) is 4.73. The van der Waals surface area contributed by atoms with Gasteiger partial charge in [-0.05, 0) is 31.0 Å². The zero-order valence-electron chi connectivity index (χ0n) is 9.99. The van der Waals surface area contributed by atoms with Gasteiger partial charge >= 0.3 is 5.97 Å². The molecule has 1 heterocycles. The topological polar surface area (TPSA) is 51.2 Å². The van der Waals surface area contributed by atoms with Gasteiger partial charge in [-0.1, -0.05) is 0 Å². The molecule has 1 unspecified atom stereocenters. The molecule has 1 N–H and O–H groups in total. The quantitative estimate of drug-likeness (QED) is 0.766. The minimum Gasteiger partial charge on any atom is -0.469 e. The number of esters is 1. The highest BCUT2D eigenvalue weighted by Crippen LogP contribution is 2.05. The van der Waals surface area contributed by atoms with Gasteiger partial charge in [0, 0.05) is 25.0 Å². The minimum atomic E-state index is -0.188. The van der Waals surface area contributed by atoms with Gasteiger partial charge in [0.15, 0.2) is 0 Å². The maximum Gasteiger partial charge on any atom is 0.307 e. The van der Waals surface area contributed by atoms with E-state index in [9.17, 15) is 4.79 Å². The molecule has 4 nitrogen and oxygen atoms in total. The summed E-state index contributed by atoms with van der Waals surface area (Å²) < 4.78 is 4.61. The molecule has 4 heteroatoms. The Bertz CT molecular complexity index is 353. The van der Waals surface area contributed by atoms with Gasteiger partial charge in [-0.3, -0.25) is 9.78 Å². The van der Waals surface area contributed by atoms with Crippen molar-refractivity contribution in [3.05, 3.63) is 29.6 Å². The Morgan fingerprint density at radius 1 is 1.62 bits per heavy atom. The van der Waals surface area contributed by atoms with E-state index in [1.165, 1.54) is 12.7 Å². The standard InChI is InChI=1S/C12H18N2O2/c1-9-7-13-5-4-11(9)8-14-10(2)6-12(15)16-3/h4-5,7,10,14H,6,8H2,1-3H3. The minimum absolute atomic E-state index is 0.111. The molecule has 0 amide bonds. The Morgan fingerprint density at radius 2 is 2.38 bits per heavy atom. The van der Waals surface area contributed by atoms with Crippen molar-refractivity contribution in [3.8, 4) is 0 Å². The second-order valence-electron chi connectivity index (χ2n) is 3.86. The zero-order chi connectivity index (χ0) is 12.0. The van der Waals surface area contributed by atoms with Crippen molar-refractivity contribution in [2.75, 3.05) is 7.11 Å². The maximum atomic E-state index is 11.0. The molecule has 0 saturated heterocycles. The number of carbonyl (C=O) groups excluding carboxylic acids is 1. The molecule has 88 valence electrons. The number of rotatable bonds is 5. The highest BCUT2D eigenvalue weighted by molar-refractivity contribution is 5.69. The Hall–Kier alpha value is -1.42. The fourth-order valence-corrected chi connectivity index (χ4v) is 1.39. The lowest BCUT2D eigenvalue weighted by Gasteiger charge is -2.13. The van der Waals surface area contributed by atoms with Crippen LogP contribution in [0, 0.1) is 6.92 Å². The van der Waals surface area contributed by atoms with Crippen molar-refractivity contribution in [1.29, 1.82) is 0 Å². The second-order valence-corrected chi connectivity index (χ2v) is 3.86. The van der Waals surface area contributed by atoms with E-state index in [4.69, 9.17) is 0 Å². The summed E-state index contributed by atoms with van der Waals surface area (Å²) in [5.41, 5.74) is 2.35. The summed E-state index contributed by atoms with van der Waals surface area (Å²) in [6.07, 6.45) is 4.00. The monoisotopic (exact) mass is 222 g/mol. The lowest BCUT2D eigenvalue weighted by atomic mass is 10.1. The summed E-state index contributed by atoms with van der Waals surface area (Å²) in [5.74, 6) is -0.188. The van der Waals surface area contributed by atoms with Crippen molar-refractivity contribution < 1.29 is 9.53 Å². The van der Waals surface area contributed by atoms with Crippen LogP contribution in [0.5, 0.6) is 0 Å². The van der Waals surface area contributed by atoms with Crippen LogP contribution in [-0.2, 0) is 16.1 Å². The van der Waals surface area contributed by atoms with Gasteiger partial charge in [0.05, 0.1) is 13.5 Å². The molecule has 1 atom stereocenters. The Kier molecular flexibility index (Phi) is 4.92. The summed E-state index contributed by atoms with van der Waals surface area (Å²) in [6, 6.07) is 2.09. The predicted molar refractivity (Wildman–Crippen MR) is 61.9 cm³/mol. The first-order chi connectivity index (χ1) is 7.63. The number of hydrogen-bond acceptors (Lipinski definition) is 4. The van der Waals surface area contributed by atoms with E-state index in [1.807, 2.05) is 26.1 Å². The average Bonchev–Trinajstić information content (AvgIpc) is 2.28. The predicted octanol–water partition coefficient (Wildman–Crippen LogP) is 1.43. The molecule has 0 saturated carbocycles. The first-order valence-corrected chi connectivity index (χ1v) is 5.33. The summed E-state index contributed by atoms with van der Waals surface area (Å²) in [5, 5.41) is 3.28. The average molecular weight is 222 g/mol. The second kappa shape index (κ2) is 6.23. The maximum absolute atomic E-state index is 11.0. The number of carbonyl (C=O) groups is 1.